The van der Waals surface area contributed by atoms with E-state index >= 15 is 0 Å². The maximum Gasteiger partial charge on any atom is 0.271 e. The number of amides is 1. The van der Waals surface area contributed by atoms with Gasteiger partial charge in [-0.3, -0.25) is 4.79 Å². The first kappa shape index (κ1) is 26.7. The number of hydrogen-bond donors (Lipinski definition) is 2. The van der Waals surface area contributed by atoms with Crippen molar-refractivity contribution in [3.63, 3.8) is 0 Å². The number of halogens is 1. The fraction of sp³-hybridized carbons (Fsp3) is 0.259. The van der Waals surface area contributed by atoms with Crippen molar-refractivity contribution in [2.24, 2.45) is 5.10 Å². The Morgan fingerprint density at radius 3 is 2.28 bits per heavy atom. The summed E-state index contributed by atoms with van der Waals surface area (Å²) in [6.07, 6.45) is 1.40. The molecule has 190 valence electrons. The first-order valence-corrected chi connectivity index (χ1v) is 11.5. The van der Waals surface area contributed by atoms with Crippen LogP contribution >= 0.6 is 11.6 Å². The van der Waals surface area contributed by atoms with Crippen molar-refractivity contribution in [3.8, 4) is 28.7 Å². The number of phenols is 1. The number of hydrogen-bond acceptors (Lipinski definition) is 7. The highest BCUT2D eigenvalue weighted by Gasteiger charge is 2.22. The van der Waals surface area contributed by atoms with Gasteiger partial charge >= 0.3 is 0 Å². The molecule has 0 aliphatic heterocycles. The molecule has 0 bridgehead atoms. The summed E-state index contributed by atoms with van der Waals surface area (Å²) < 4.78 is 22.8. The molecular formula is C27H29ClN2O6. The average molecular weight is 513 g/mol. The predicted molar refractivity (Wildman–Crippen MR) is 139 cm³/mol. The lowest BCUT2D eigenvalue weighted by atomic mass is 10.0. The van der Waals surface area contributed by atoms with Crippen LogP contribution in [0.25, 0.3) is 0 Å². The van der Waals surface area contributed by atoms with Crippen molar-refractivity contribution in [3.05, 3.63) is 75.8 Å². The van der Waals surface area contributed by atoms with Crippen LogP contribution in [0.2, 0.25) is 5.02 Å². The Kier molecular flexibility index (Phi) is 9.02. The molecule has 0 saturated heterocycles. The predicted octanol–water partition coefficient (Wildman–Crippen LogP) is 5.54. The van der Waals surface area contributed by atoms with E-state index in [0.717, 1.165) is 5.56 Å². The molecule has 0 atom stereocenters. The van der Waals surface area contributed by atoms with E-state index in [9.17, 15) is 9.90 Å². The number of nitrogens with zero attached hydrogens (tertiary/aromatic N) is 1. The maximum absolute atomic E-state index is 12.4. The molecule has 0 aliphatic rings. The third-order valence-electron chi connectivity index (χ3n) is 5.42. The van der Waals surface area contributed by atoms with E-state index in [2.05, 4.69) is 36.5 Å². The van der Waals surface area contributed by atoms with E-state index in [4.69, 9.17) is 30.5 Å². The van der Waals surface area contributed by atoms with Gasteiger partial charge < -0.3 is 24.1 Å². The van der Waals surface area contributed by atoms with Crippen molar-refractivity contribution < 1.29 is 28.8 Å². The molecule has 0 heterocycles. The van der Waals surface area contributed by atoms with Gasteiger partial charge in [0.25, 0.3) is 5.91 Å². The number of aromatic hydroxyl groups is 1. The number of methoxy groups -OCH3 is 3. The minimum Gasteiger partial charge on any atom is -0.506 e. The van der Waals surface area contributed by atoms with E-state index in [1.54, 1.807) is 6.07 Å². The summed E-state index contributed by atoms with van der Waals surface area (Å²) in [5.74, 6) is 1.30. The quantitative estimate of drug-likeness (QED) is 0.273. The molecule has 1 amide bonds. The molecule has 0 aliphatic carbocycles. The molecule has 0 fully saturated rings. The average Bonchev–Trinajstić information content (AvgIpc) is 2.88. The van der Waals surface area contributed by atoms with Gasteiger partial charge in [-0.2, -0.15) is 5.10 Å². The third kappa shape index (κ3) is 6.20. The van der Waals surface area contributed by atoms with Crippen molar-refractivity contribution in [2.75, 3.05) is 21.3 Å². The Labute approximate surface area is 215 Å². The molecule has 0 radical (unpaired) electrons. The van der Waals surface area contributed by atoms with Gasteiger partial charge in [-0.25, -0.2) is 5.43 Å². The molecule has 0 saturated carbocycles. The number of carbonyl (C=O) groups is 1. The highest BCUT2D eigenvalue weighted by Crippen LogP contribution is 2.46. The monoisotopic (exact) mass is 512 g/mol. The van der Waals surface area contributed by atoms with Crippen LogP contribution in [0.5, 0.6) is 28.7 Å². The largest absolute Gasteiger partial charge is 0.506 e. The number of carbonyl (C=O) groups excluding carboxylic acids is 1. The number of nitrogens with one attached hydrogen (secondary N) is 1. The molecule has 3 rings (SSSR count). The molecule has 3 aromatic rings. The van der Waals surface area contributed by atoms with E-state index in [1.165, 1.54) is 51.3 Å². The highest BCUT2D eigenvalue weighted by atomic mass is 35.5. The van der Waals surface area contributed by atoms with E-state index in [1.807, 2.05) is 12.1 Å². The lowest BCUT2D eigenvalue weighted by Gasteiger charge is -2.19. The van der Waals surface area contributed by atoms with Crippen LogP contribution in [0.1, 0.15) is 46.8 Å². The lowest BCUT2D eigenvalue weighted by Crippen LogP contribution is -2.17. The molecule has 0 aromatic heterocycles. The summed E-state index contributed by atoms with van der Waals surface area (Å²) in [6.45, 7) is 4.59. The third-order valence-corrected chi connectivity index (χ3v) is 5.73. The molecule has 3 aromatic carbocycles. The second-order valence-corrected chi connectivity index (χ2v) is 8.52. The molecule has 2 N–H and O–H groups in total. The first-order chi connectivity index (χ1) is 17.3. The standard InChI is InChI=1S/C27H29ClN2O6/c1-16(2)18-8-6-17(7-9-18)15-36-25-23(33-3)13-20(24(34-4)26(25)35-5)14-29-30-27(32)19-10-11-22(31)21(28)12-19/h6-14,16,31H,15H2,1-5H3,(H,30,32)/b29-14+. The topological polar surface area (TPSA) is 98.6 Å². The summed E-state index contributed by atoms with van der Waals surface area (Å²) in [5, 5.41) is 13.6. The summed E-state index contributed by atoms with van der Waals surface area (Å²) in [6, 6.07) is 14.0. The zero-order chi connectivity index (χ0) is 26.2. The van der Waals surface area contributed by atoms with E-state index < -0.39 is 5.91 Å². The Morgan fingerprint density at radius 1 is 1.00 bits per heavy atom. The lowest BCUT2D eigenvalue weighted by molar-refractivity contribution is 0.0955. The second-order valence-electron chi connectivity index (χ2n) is 8.11. The van der Waals surface area contributed by atoms with Crippen molar-refractivity contribution in [1.82, 2.24) is 5.43 Å². The van der Waals surface area contributed by atoms with Crippen LogP contribution in [0.15, 0.2) is 53.6 Å². The fourth-order valence-electron chi connectivity index (χ4n) is 3.43. The minimum atomic E-state index is -0.505. The highest BCUT2D eigenvalue weighted by molar-refractivity contribution is 6.32. The van der Waals surface area contributed by atoms with E-state index in [0.29, 0.717) is 41.1 Å². The minimum absolute atomic E-state index is 0.0641. The Hall–Kier alpha value is -3.91. The number of rotatable bonds is 10. The van der Waals surface area contributed by atoms with Gasteiger partial charge in [0.05, 0.1) is 32.6 Å². The molecule has 9 heteroatoms. The number of phenolic OH excluding ortho intramolecular Hbond substituents is 1. The second kappa shape index (κ2) is 12.2. The first-order valence-electron chi connectivity index (χ1n) is 11.2. The number of hydrazone groups is 1. The summed E-state index contributed by atoms with van der Waals surface area (Å²) in [5.41, 5.74) is 5.38. The van der Waals surface area contributed by atoms with Gasteiger partial charge in [-0.1, -0.05) is 49.7 Å². The molecular weight excluding hydrogens is 484 g/mol. The molecule has 0 unspecified atom stereocenters. The van der Waals surface area contributed by atoms with Gasteiger partial charge in [-0.15, -0.1) is 0 Å². The van der Waals surface area contributed by atoms with Gasteiger partial charge in [-0.05, 0) is 41.3 Å². The SMILES string of the molecule is COc1cc(/C=N/NC(=O)c2ccc(O)c(Cl)c2)c(OC)c(OC)c1OCc1ccc(C(C)C)cc1. The maximum atomic E-state index is 12.4. The van der Waals surface area contributed by atoms with Gasteiger partial charge in [0, 0.05) is 11.1 Å². The Balaban J connectivity index is 1.83. The Bertz CT molecular complexity index is 1240. The van der Waals surface area contributed by atoms with Crippen molar-refractivity contribution in [2.45, 2.75) is 26.4 Å². The number of ether oxygens (including phenoxy) is 4. The van der Waals surface area contributed by atoms with Crippen LogP contribution in [-0.4, -0.2) is 38.6 Å². The zero-order valence-electron chi connectivity index (χ0n) is 20.8. The smallest absolute Gasteiger partial charge is 0.271 e. The van der Waals surface area contributed by atoms with Gasteiger partial charge in [0.15, 0.2) is 11.5 Å². The summed E-state index contributed by atoms with van der Waals surface area (Å²) >= 11 is 5.87. The van der Waals surface area contributed by atoms with Crippen LogP contribution < -0.4 is 24.4 Å². The number of benzene rings is 3. The van der Waals surface area contributed by atoms with Crippen LogP contribution in [-0.2, 0) is 6.61 Å². The molecule has 36 heavy (non-hydrogen) atoms. The zero-order valence-corrected chi connectivity index (χ0v) is 21.6. The van der Waals surface area contributed by atoms with Crippen LogP contribution in [0.4, 0.5) is 0 Å². The summed E-state index contributed by atoms with van der Waals surface area (Å²) in [7, 11) is 4.51. The van der Waals surface area contributed by atoms with Gasteiger partial charge in [0.1, 0.15) is 12.4 Å². The van der Waals surface area contributed by atoms with Gasteiger partial charge in [0.2, 0.25) is 11.5 Å². The van der Waals surface area contributed by atoms with Crippen molar-refractivity contribution >= 4 is 23.7 Å². The Morgan fingerprint density at radius 2 is 1.69 bits per heavy atom. The fourth-order valence-corrected chi connectivity index (χ4v) is 3.61. The summed E-state index contributed by atoms with van der Waals surface area (Å²) in [4.78, 5) is 12.4. The normalized spacial score (nSPS) is 11.0. The van der Waals surface area contributed by atoms with E-state index in [-0.39, 0.29) is 16.3 Å². The molecule has 8 nitrogen and oxygen atoms in total. The van der Waals surface area contributed by atoms with Crippen molar-refractivity contribution in [1.29, 1.82) is 0 Å². The van der Waals surface area contributed by atoms with Crippen LogP contribution in [0, 0.1) is 0 Å². The van der Waals surface area contributed by atoms with Crippen LogP contribution in [0.3, 0.4) is 0 Å². The molecule has 0 spiro atoms.